The highest BCUT2D eigenvalue weighted by molar-refractivity contribution is 7.21. The van der Waals surface area contributed by atoms with Crippen LogP contribution < -0.4 is 9.47 Å². The number of benzene rings is 2. The lowest BCUT2D eigenvalue weighted by molar-refractivity contribution is -0.132. The molecule has 146 valence electrons. The zero-order chi connectivity index (χ0) is 20.5. The number of cyclic esters (lactones) is 1. The van der Waals surface area contributed by atoms with Gasteiger partial charge in [0.15, 0.2) is 17.2 Å². The summed E-state index contributed by atoms with van der Waals surface area (Å²) in [4.78, 5) is 28.4. The van der Waals surface area contributed by atoms with Crippen LogP contribution in [0.5, 0.6) is 11.5 Å². The Bertz CT molecular complexity index is 1210. The van der Waals surface area contributed by atoms with Gasteiger partial charge in [0, 0.05) is 17.0 Å². The molecule has 8 heteroatoms. The first-order valence-corrected chi connectivity index (χ1v) is 9.72. The van der Waals surface area contributed by atoms with Gasteiger partial charge in [-0.15, -0.1) is 11.3 Å². The number of carbonyl (C=O) groups is 2. The predicted molar refractivity (Wildman–Crippen MR) is 112 cm³/mol. The van der Waals surface area contributed by atoms with Crippen molar-refractivity contribution in [3.8, 4) is 11.5 Å². The minimum absolute atomic E-state index is 0.135. The molecule has 0 radical (unpaired) electrons. The van der Waals surface area contributed by atoms with Crippen LogP contribution in [0.1, 0.15) is 17.4 Å². The number of halogens is 1. The minimum Gasteiger partial charge on any atom is -0.493 e. The Balaban J connectivity index is 1.69. The molecule has 6 nitrogen and oxygen atoms in total. The number of methoxy groups -OCH3 is 1. The van der Waals surface area contributed by atoms with E-state index in [4.69, 9.17) is 25.8 Å². The first-order valence-electron chi connectivity index (χ1n) is 8.52. The molecule has 4 rings (SSSR count). The van der Waals surface area contributed by atoms with E-state index in [0.717, 1.165) is 10.1 Å². The normalized spacial score (nSPS) is 14.8. The van der Waals surface area contributed by atoms with Crippen molar-refractivity contribution in [2.75, 3.05) is 7.11 Å². The lowest BCUT2D eigenvalue weighted by atomic mass is 10.1. The van der Waals surface area contributed by atoms with E-state index in [2.05, 4.69) is 4.99 Å². The van der Waals surface area contributed by atoms with Crippen LogP contribution in [0.2, 0.25) is 5.02 Å². The van der Waals surface area contributed by atoms with Crippen molar-refractivity contribution in [2.45, 2.75) is 6.92 Å². The van der Waals surface area contributed by atoms with Crippen molar-refractivity contribution >= 4 is 56.9 Å². The van der Waals surface area contributed by atoms with Gasteiger partial charge in [-0.1, -0.05) is 35.9 Å². The van der Waals surface area contributed by atoms with Crippen molar-refractivity contribution < 1.29 is 23.8 Å². The van der Waals surface area contributed by atoms with Crippen LogP contribution in [0.3, 0.4) is 0 Å². The first kappa shape index (κ1) is 19.2. The highest BCUT2D eigenvalue weighted by Gasteiger charge is 2.28. The van der Waals surface area contributed by atoms with Gasteiger partial charge in [0.2, 0.25) is 5.90 Å². The summed E-state index contributed by atoms with van der Waals surface area (Å²) in [6.45, 7) is 1.30. The van der Waals surface area contributed by atoms with Gasteiger partial charge in [0.1, 0.15) is 4.88 Å². The predicted octanol–water partition coefficient (Wildman–Crippen LogP) is 4.83. The maximum absolute atomic E-state index is 12.3. The molecule has 2 aromatic carbocycles. The van der Waals surface area contributed by atoms with Crippen molar-refractivity contribution in [2.24, 2.45) is 4.99 Å². The number of hydrogen-bond donors (Lipinski definition) is 0. The number of nitrogens with zero attached hydrogens (tertiary/aromatic N) is 1. The molecule has 0 amide bonds. The molecule has 1 aliphatic heterocycles. The maximum Gasteiger partial charge on any atom is 0.363 e. The molecular formula is C21H14ClNO5S. The Kier molecular flexibility index (Phi) is 5.08. The maximum atomic E-state index is 12.3. The third-order valence-corrected chi connectivity index (χ3v) is 5.76. The average Bonchev–Trinajstić information content (AvgIpc) is 3.23. The van der Waals surface area contributed by atoms with Gasteiger partial charge in [-0.3, -0.25) is 4.79 Å². The van der Waals surface area contributed by atoms with Crippen molar-refractivity contribution in [3.63, 3.8) is 0 Å². The molecular weight excluding hydrogens is 414 g/mol. The highest BCUT2D eigenvalue weighted by atomic mass is 35.5. The molecule has 0 atom stereocenters. The van der Waals surface area contributed by atoms with E-state index in [1.807, 2.05) is 24.3 Å². The zero-order valence-corrected chi connectivity index (χ0v) is 17.0. The first-order chi connectivity index (χ1) is 14.0. The third kappa shape index (κ3) is 3.74. The second-order valence-electron chi connectivity index (χ2n) is 6.08. The Morgan fingerprint density at radius 2 is 2.00 bits per heavy atom. The van der Waals surface area contributed by atoms with E-state index >= 15 is 0 Å². The molecule has 0 fully saturated rings. The summed E-state index contributed by atoms with van der Waals surface area (Å²) in [5.41, 5.74) is 0.771. The highest BCUT2D eigenvalue weighted by Crippen LogP contribution is 2.37. The Morgan fingerprint density at radius 3 is 2.72 bits per heavy atom. The number of hydrogen-bond acceptors (Lipinski definition) is 7. The van der Waals surface area contributed by atoms with Gasteiger partial charge in [-0.2, -0.15) is 0 Å². The van der Waals surface area contributed by atoms with Crippen LogP contribution >= 0.6 is 22.9 Å². The van der Waals surface area contributed by atoms with E-state index in [1.165, 1.54) is 25.4 Å². The van der Waals surface area contributed by atoms with Crippen molar-refractivity contribution in [1.82, 2.24) is 0 Å². The quantitative estimate of drug-likeness (QED) is 0.338. The molecule has 0 bridgehead atoms. The number of thiophene rings is 1. The summed E-state index contributed by atoms with van der Waals surface area (Å²) < 4.78 is 16.7. The van der Waals surface area contributed by atoms with Crippen LogP contribution in [0.15, 0.2) is 53.2 Å². The number of aliphatic imine (C=N–C) groups is 1. The summed E-state index contributed by atoms with van der Waals surface area (Å²) in [5.74, 6) is -0.203. The van der Waals surface area contributed by atoms with Gasteiger partial charge in [-0.05, 0) is 29.8 Å². The number of esters is 2. The zero-order valence-electron chi connectivity index (χ0n) is 15.4. The number of ether oxygens (including phenoxy) is 3. The molecule has 0 aliphatic carbocycles. The summed E-state index contributed by atoms with van der Waals surface area (Å²) >= 11 is 7.86. The summed E-state index contributed by atoms with van der Waals surface area (Å²) in [6.07, 6.45) is 1.57. The lowest BCUT2D eigenvalue weighted by Gasteiger charge is -2.08. The summed E-state index contributed by atoms with van der Waals surface area (Å²) in [6, 6.07) is 12.6. The lowest BCUT2D eigenvalue weighted by Crippen LogP contribution is -2.04. The minimum atomic E-state index is -0.573. The van der Waals surface area contributed by atoms with E-state index in [0.29, 0.717) is 21.2 Å². The van der Waals surface area contributed by atoms with Crippen LogP contribution in [0.4, 0.5) is 0 Å². The van der Waals surface area contributed by atoms with Crippen LogP contribution in [-0.2, 0) is 14.3 Å². The summed E-state index contributed by atoms with van der Waals surface area (Å²) in [7, 11) is 1.46. The van der Waals surface area contributed by atoms with Crippen molar-refractivity contribution in [3.05, 3.63) is 63.6 Å². The summed E-state index contributed by atoms with van der Waals surface area (Å²) in [5, 5.41) is 1.39. The van der Waals surface area contributed by atoms with Crippen LogP contribution in [0, 0.1) is 0 Å². The fraction of sp³-hybridized carbons (Fsp3) is 0.0952. The molecule has 3 aromatic rings. The molecule has 2 heterocycles. The molecule has 0 saturated heterocycles. The molecule has 0 spiro atoms. The number of rotatable bonds is 4. The van der Waals surface area contributed by atoms with Gasteiger partial charge in [-0.25, -0.2) is 9.79 Å². The second kappa shape index (κ2) is 7.69. The second-order valence-corrected chi connectivity index (χ2v) is 7.51. The monoisotopic (exact) mass is 427 g/mol. The number of fused-ring (bicyclic) bond motifs is 1. The third-order valence-electron chi connectivity index (χ3n) is 4.09. The van der Waals surface area contributed by atoms with Crippen LogP contribution in [0.25, 0.3) is 16.2 Å². The standard InChI is InChI=1S/C21H14ClNO5S/c1-11(24)27-15-8-7-12(10-16(15)26-2)9-14-21(25)28-20(23-14)19-18(22)13-5-3-4-6-17(13)29-19/h3-10H,1-2H3/b14-9+. The topological polar surface area (TPSA) is 74.2 Å². The van der Waals surface area contributed by atoms with Crippen molar-refractivity contribution in [1.29, 1.82) is 0 Å². The van der Waals surface area contributed by atoms with E-state index < -0.39 is 11.9 Å². The van der Waals surface area contributed by atoms with E-state index in [-0.39, 0.29) is 17.3 Å². The fourth-order valence-electron chi connectivity index (χ4n) is 2.83. The van der Waals surface area contributed by atoms with E-state index in [1.54, 1.807) is 24.3 Å². The molecule has 0 unspecified atom stereocenters. The molecule has 0 N–H and O–H groups in total. The Morgan fingerprint density at radius 1 is 1.21 bits per heavy atom. The van der Waals surface area contributed by atoms with Gasteiger partial charge < -0.3 is 14.2 Å². The largest absolute Gasteiger partial charge is 0.493 e. The number of carbonyl (C=O) groups excluding carboxylic acids is 2. The fourth-order valence-corrected chi connectivity index (χ4v) is 4.27. The van der Waals surface area contributed by atoms with Gasteiger partial charge in [0.05, 0.1) is 12.1 Å². The Labute approximate surface area is 175 Å². The van der Waals surface area contributed by atoms with E-state index in [9.17, 15) is 9.59 Å². The molecule has 1 aromatic heterocycles. The molecule has 0 saturated carbocycles. The SMILES string of the molecule is COc1cc(/C=C2/N=C(c3sc4ccccc4c3Cl)OC2=O)ccc1OC(C)=O. The molecule has 29 heavy (non-hydrogen) atoms. The molecule has 1 aliphatic rings. The van der Waals surface area contributed by atoms with Gasteiger partial charge >= 0.3 is 11.9 Å². The average molecular weight is 428 g/mol. The van der Waals surface area contributed by atoms with Gasteiger partial charge in [0.25, 0.3) is 0 Å². The smallest absolute Gasteiger partial charge is 0.363 e. The Hall–Kier alpha value is -3.16. The van der Waals surface area contributed by atoms with Crippen LogP contribution in [-0.4, -0.2) is 24.9 Å².